The van der Waals surface area contributed by atoms with E-state index in [9.17, 15) is 18.8 Å². The van der Waals surface area contributed by atoms with Crippen molar-refractivity contribution >= 4 is 39.4 Å². The second-order valence-electron chi connectivity index (χ2n) is 10.4. The molecule has 2 aliphatic rings. The first-order valence-electron chi connectivity index (χ1n) is 14.0. The Hall–Kier alpha value is -4.35. The number of urea groups is 1. The fourth-order valence-electron chi connectivity index (χ4n) is 5.77. The lowest BCUT2D eigenvalue weighted by Crippen LogP contribution is -2.62. The molecule has 0 unspecified atom stereocenters. The Balaban J connectivity index is 1.33. The number of piperazine rings is 1. The van der Waals surface area contributed by atoms with Crippen LogP contribution in [0.15, 0.2) is 78.3 Å². The van der Waals surface area contributed by atoms with E-state index in [0.717, 1.165) is 11.1 Å². The number of thiazole rings is 1. The molecule has 2 saturated heterocycles. The maximum atomic E-state index is 14.4. The molecule has 1 N–H and O–H groups in total. The fraction of sp³-hybridized carbons (Fsp3) is 0.290. The van der Waals surface area contributed by atoms with Gasteiger partial charge >= 0.3 is 6.03 Å². The molecule has 0 saturated carbocycles. The van der Waals surface area contributed by atoms with Crippen LogP contribution in [-0.2, 0) is 22.7 Å². The van der Waals surface area contributed by atoms with Crippen molar-refractivity contribution in [3.8, 4) is 0 Å². The van der Waals surface area contributed by atoms with Crippen molar-refractivity contribution in [2.45, 2.75) is 38.6 Å². The van der Waals surface area contributed by atoms with Crippen LogP contribution in [0, 0.1) is 5.82 Å². The predicted molar refractivity (Wildman–Crippen MR) is 157 cm³/mol. The van der Waals surface area contributed by atoms with Crippen molar-refractivity contribution in [1.29, 1.82) is 0 Å². The number of carbonyl (C=O) groups excluding carboxylic acids is 3. The zero-order chi connectivity index (χ0) is 29.2. The topological polar surface area (TPSA) is 89.1 Å². The average Bonchev–Trinajstić information content (AvgIpc) is 3.63. The highest BCUT2D eigenvalue weighted by molar-refractivity contribution is 7.16. The number of hydrogen-bond donors (Lipinski definition) is 1. The molecule has 0 radical (unpaired) electrons. The Morgan fingerprint density at radius 2 is 1.81 bits per heavy atom. The molecule has 3 heterocycles. The molecule has 0 aliphatic carbocycles. The molecule has 2 aliphatic heterocycles. The van der Waals surface area contributed by atoms with Crippen molar-refractivity contribution in [2.24, 2.45) is 0 Å². The van der Waals surface area contributed by atoms with Crippen LogP contribution in [0.3, 0.4) is 0 Å². The van der Waals surface area contributed by atoms with Crippen LogP contribution in [0.1, 0.15) is 36.1 Å². The quantitative estimate of drug-likeness (QED) is 0.328. The smallest absolute Gasteiger partial charge is 0.332 e. The van der Waals surface area contributed by atoms with Gasteiger partial charge in [0.05, 0.1) is 28.8 Å². The van der Waals surface area contributed by atoms with Gasteiger partial charge < -0.3 is 15.1 Å². The van der Waals surface area contributed by atoms with E-state index in [1.807, 2.05) is 67.6 Å². The number of nitrogens with one attached hydrogen (secondary N) is 1. The molecule has 3 aromatic carbocycles. The van der Waals surface area contributed by atoms with Gasteiger partial charge in [0.15, 0.2) is 0 Å². The van der Waals surface area contributed by atoms with Crippen LogP contribution in [0.5, 0.6) is 0 Å². The molecule has 42 heavy (non-hydrogen) atoms. The minimum atomic E-state index is -0.857. The summed E-state index contributed by atoms with van der Waals surface area (Å²) in [5, 5.41) is 6.37. The van der Waals surface area contributed by atoms with Gasteiger partial charge in [-0.3, -0.25) is 14.6 Å². The predicted octanol–water partition coefficient (Wildman–Crippen LogP) is 4.53. The van der Waals surface area contributed by atoms with E-state index < -0.39 is 12.2 Å². The molecule has 1 aromatic heterocycles. The van der Waals surface area contributed by atoms with Gasteiger partial charge in [0.25, 0.3) is 5.91 Å². The summed E-state index contributed by atoms with van der Waals surface area (Å²) in [5.74, 6) is -0.794. The Labute approximate surface area is 247 Å². The van der Waals surface area contributed by atoms with Gasteiger partial charge in [-0.25, -0.2) is 14.2 Å². The molecule has 2 atom stereocenters. The van der Waals surface area contributed by atoms with Crippen LogP contribution in [0.4, 0.5) is 9.18 Å². The van der Waals surface area contributed by atoms with Crippen LogP contribution >= 0.6 is 11.3 Å². The van der Waals surface area contributed by atoms with E-state index in [0.29, 0.717) is 35.3 Å². The van der Waals surface area contributed by atoms with E-state index in [1.54, 1.807) is 31.4 Å². The maximum absolute atomic E-state index is 14.4. The van der Waals surface area contributed by atoms with Crippen molar-refractivity contribution in [1.82, 2.24) is 30.1 Å². The third kappa shape index (κ3) is 5.21. The van der Waals surface area contributed by atoms with Gasteiger partial charge in [-0.2, -0.15) is 5.01 Å². The zero-order valence-electron chi connectivity index (χ0n) is 23.1. The second-order valence-corrected chi connectivity index (χ2v) is 11.3. The van der Waals surface area contributed by atoms with Crippen LogP contribution in [0.2, 0.25) is 0 Å². The summed E-state index contributed by atoms with van der Waals surface area (Å²) in [4.78, 5) is 48.9. The first-order valence-corrected chi connectivity index (χ1v) is 14.9. The number of carbonyl (C=O) groups is 3. The van der Waals surface area contributed by atoms with Gasteiger partial charge in [-0.1, -0.05) is 73.7 Å². The number of amides is 4. The summed E-state index contributed by atoms with van der Waals surface area (Å²) in [6.45, 7) is 3.08. The minimum absolute atomic E-state index is 0.0270. The Bertz CT molecular complexity index is 1600. The third-order valence-electron chi connectivity index (χ3n) is 7.72. The molecule has 4 amide bonds. The number of aromatic nitrogens is 1. The molecule has 9 nitrogen and oxygen atoms in total. The summed E-state index contributed by atoms with van der Waals surface area (Å²) < 4.78 is 14.9. The van der Waals surface area contributed by atoms with Gasteiger partial charge in [-0.15, -0.1) is 11.3 Å². The summed E-state index contributed by atoms with van der Waals surface area (Å²) in [6, 6.07) is 20.8. The summed E-state index contributed by atoms with van der Waals surface area (Å²) in [5.41, 5.74) is 4.51. The summed E-state index contributed by atoms with van der Waals surface area (Å²) in [6.07, 6.45) is 0.110. The van der Waals surface area contributed by atoms with Crippen LogP contribution in [-0.4, -0.2) is 68.4 Å². The average molecular weight is 587 g/mol. The molecule has 11 heteroatoms. The van der Waals surface area contributed by atoms with Crippen LogP contribution < -0.4 is 5.32 Å². The number of rotatable bonds is 8. The van der Waals surface area contributed by atoms with Crippen molar-refractivity contribution in [2.75, 3.05) is 19.6 Å². The molecular weight excluding hydrogens is 555 g/mol. The highest BCUT2D eigenvalue weighted by atomic mass is 32.1. The first kappa shape index (κ1) is 27.8. The monoisotopic (exact) mass is 586 g/mol. The van der Waals surface area contributed by atoms with Gasteiger partial charge in [-0.05, 0) is 29.2 Å². The highest BCUT2D eigenvalue weighted by Crippen LogP contribution is 2.37. The first-order chi connectivity index (χ1) is 20.5. The van der Waals surface area contributed by atoms with Crippen molar-refractivity contribution in [3.05, 3.63) is 101 Å². The SMILES string of the molecule is CCCN(C(=O)NCc1ccccc1)N1CC(=O)N2[C@@H](c3ccccc3)C(=O)N(Cc3ccc(F)c4scnc34)C[C@@H]21. The summed E-state index contributed by atoms with van der Waals surface area (Å²) >= 11 is 1.22. The molecule has 6 rings (SSSR count). The Morgan fingerprint density at radius 3 is 2.55 bits per heavy atom. The normalized spacial score (nSPS) is 18.9. The number of fused-ring (bicyclic) bond motifs is 2. The van der Waals surface area contributed by atoms with E-state index in [1.165, 1.54) is 17.4 Å². The third-order valence-corrected chi connectivity index (χ3v) is 8.56. The fourth-order valence-corrected chi connectivity index (χ4v) is 6.51. The van der Waals surface area contributed by atoms with Gasteiger partial charge in [0.1, 0.15) is 18.0 Å². The Morgan fingerprint density at radius 1 is 1.07 bits per heavy atom. The lowest BCUT2D eigenvalue weighted by Gasteiger charge is -2.46. The lowest BCUT2D eigenvalue weighted by molar-refractivity contribution is -0.158. The Kier molecular flexibility index (Phi) is 7.86. The highest BCUT2D eigenvalue weighted by Gasteiger charge is 2.52. The maximum Gasteiger partial charge on any atom is 0.332 e. The summed E-state index contributed by atoms with van der Waals surface area (Å²) in [7, 11) is 0. The van der Waals surface area contributed by atoms with Gasteiger partial charge in [0.2, 0.25) is 5.91 Å². The zero-order valence-corrected chi connectivity index (χ0v) is 24.0. The van der Waals surface area contributed by atoms with Crippen LogP contribution in [0.25, 0.3) is 10.2 Å². The van der Waals surface area contributed by atoms with E-state index >= 15 is 0 Å². The molecule has 2 fully saturated rings. The van der Waals surface area contributed by atoms with E-state index in [2.05, 4.69) is 10.3 Å². The van der Waals surface area contributed by atoms with Crippen molar-refractivity contribution in [3.63, 3.8) is 0 Å². The standard InChI is InChI=1S/C31H31FN6O3S/c1-2-15-36(31(41)33-16-21-9-5-3-6-10-21)37-19-26(39)38-25(37)18-35(30(40)28(38)22-11-7-4-8-12-22)17-23-13-14-24(32)29-27(23)34-20-42-29/h3-14,20,25,28H,2,15-19H2,1H3,(H,33,41)/t25-,28+/m1/s1. The molecule has 216 valence electrons. The number of benzene rings is 3. The largest absolute Gasteiger partial charge is 0.333 e. The van der Waals surface area contributed by atoms with Gasteiger partial charge in [0, 0.05) is 19.6 Å². The molecule has 0 bridgehead atoms. The number of hydrogen-bond acceptors (Lipinski definition) is 6. The molecule has 4 aromatic rings. The lowest BCUT2D eigenvalue weighted by atomic mass is 10.00. The molecule has 0 spiro atoms. The number of nitrogens with zero attached hydrogens (tertiary/aromatic N) is 5. The van der Waals surface area contributed by atoms with E-state index in [4.69, 9.17) is 0 Å². The van der Waals surface area contributed by atoms with Crippen molar-refractivity contribution < 1.29 is 18.8 Å². The second kappa shape index (κ2) is 11.9. The number of hydrazine groups is 1. The number of halogens is 1. The minimum Gasteiger partial charge on any atom is -0.333 e. The van der Waals surface area contributed by atoms with E-state index in [-0.39, 0.29) is 43.3 Å². The molecular formula is C31H31FN6O3S.